The molecule has 1 aromatic heterocycles. The van der Waals surface area contributed by atoms with Gasteiger partial charge in [-0.05, 0) is 33.2 Å². The first-order chi connectivity index (χ1) is 8.84. The summed E-state index contributed by atoms with van der Waals surface area (Å²) in [6, 6.07) is 3.17. The van der Waals surface area contributed by atoms with Gasteiger partial charge in [-0.25, -0.2) is 9.78 Å². The third-order valence-electron chi connectivity index (χ3n) is 2.49. The fourth-order valence-electron chi connectivity index (χ4n) is 1.79. The van der Waals surface area contributed by atoms with Gasteiger partial charge in [-0.15, -0.1) is 0 Å². The van der Waals surface area contributed by atoms with E-state index in [4.69, 9.17) is 0 Å². The van der Waals surface area contributed by atoms with Gasteiger partial charge in [0, 0.05) is 19.3 Å². The zero-order valence-electron chi connectivity index (χ0n) is 11.8. The van der Waals surface area contributed by atoms with Crippen molar-refractivity contribution in [2.45, 2.75) is 12.5 Å². The minimum absolute atomic E-state index is 0.336. The molecule has 0 aliphatic heterocycles. The van der Waals surface area contributed by atoms with E-state index in [2.05, 4.69) is 15.0 Å². The Morgan fingerprint density at radius 2 is 2.26 bits per heavy atom. The van der Waals surface area contributed by atoms with Gasteiger partial charge in [0.15, 0.2) is 0 Å². The summed E-state index contributed by atoms with van der Waals surface area (Å²) in [5, 5.41) is 13.2. The summed E-state index contributed by atoms with van der Waals surface area (Å²) in [4.78, 5) is 17.4. The van der Waals surface area contributed by atoms with Gasteiger partial charge in [0.2, 0.25) is 0 Å². The van der Waals surface area contributed by atoms with Crippen molar-refractivity contribution in [3.05, 3.63) is 23.9 Å². The predicted octanol–water partition coefficient (Wildman–Crippen LogP) is 0.593. The van der Waals surface area contributed by atoms with Crippen LogP contribution in [0.5, 0.6) is 0 Å². The van der Waals surface area contributed by atoms with E-state index in [1.165, 1.54) is 13.3 Å². The van der Waals surface area contributed by atoms with Crippen molar-refractivity contribution in [2.75, 3.05) is 39.6 Å². The number of aliphatic hydroxyl groups is 1. The van der Waals surface area contributed by atoms with Crippen LogP contribution in [-0.2, 0) is 4.74 Å². The van der Waals surface area contributed by atoms with Gasteiger partial charge in [0.25, 0.3) is 0 Å². The summed E-state index contributed by atoms with van der Waals surface area (Å²) in [7, 11) is 5.12. The molecule has 0 amide bonds. The topological polar surface area (TPSA) is 74.7 Å². The monoisotopic (exact) mass is 267 g/mol. The Morgan fingerprint density at radius 3 is 2.84 bits per heavy atom. The number of esters is 1. The first-order valence-electron chi connectivity index (χ1n) is 5.99. The first-order valence-corrected chi connectivity index (χ1v) is 5.99. The van der Waals surface area contributed by atoms with E-state index in [9.17, 15) is 9.90 Å². The normalized spacial score (nSPS) is 14.0. The van der Waals surface area contributed by atoms with Crippen LogP contribution in [0.3, 0.4) is 0 Å². The van der Waals surface area contributed by atoms with Crippen LogP contribution < -0.4 is 5.32 Å². The molecule has 19 heavy (non-hydrogen) atoms. The van der Waals surface area contributed by atoms with Gasteiger partial charge in [-0.1, -0.05) is 0 Å². The Bertz CT molecular complexity index is 433. The number of methoxy groups -OCH3 is 1. The number of carbonyl (C=O) groups excluding carboxylic acids is 1. The summed E-state index contributed by atoms with van der Waals surface area (Å²) in [6.45, 7) is 2.60. The minimum Gasteiger partial charge on any atom is -0.465 e. The van der Waals surface area contributed by atoms with Crippen molar-refractivity contribution in [1.82, 2.24) is 9.88 Å². The maximum absolute atomic E-state index is 11.4. The molecule has 0 saturated heterocycles. The lowest BCUT2D eigenvalue weighted by Crippen LogP contribution is -2.43. The summed E-state index contributed by atoms with van der Waals surface area (Å²) < 4.78 is 4.64. The summed E-state index contributed by atoms with van der Waals surface area (Å²) >= 11 is 0. The number of nitrogens with one attached hydrogen (secondary N) is 1. The lowest BCUT2D eigenvalue weighted by molar-refractivity contribution is 0.0459. The molecule has 6 nitrogen and oxygen atoms in total. The molecule has 2 N–H and O–H groups in total. The van der Waals surface area contributed by atoms with E-state index in [0.717, 1.165) is 0 Å². The molecule has 0 bridgehead atoms. The zero-order chi connectivity index (χ0) is 14.5. The average molecular weight is 267 g/mol. The summed E-state index contributed by atoms with van der Waals surface area (Å²) in [5.41, 5.74) is -0.459. The standard InChI is InChI=1S/C13H21N3O3/c1-13(18,9-16(2)3)8-15-11-7-10(5-6-14-11)12(17)19-4/h5-7,18H,8-9H2,1-4H3,(H,14,15). The second-order valence-electron chi connectivity index (χ2n) is 5.01. The number of aromatic nitrogens is 1. The van der Waals surface area contributed by atoms with Crippen LogP contribution in [0.15, 0.2) is 18.3 Å². The fraction of sp³-hybridized carbons (Fsp3) is 0.538. The fourth-order valence-corrected chi connectivity index (χ4v) is 1.79. The Morgan fingerprint density at radius 1 is 1.58 bits per heavy atom. The van der Waals surface area contributed by atoms with Crippen LogP contribution in [0, 0.1) is 0 Å². The molecule has 0 aliphatic rings. The van der Waals surface area contributed by atoms with Crippen molar-refractivity contribution < 1.29 is 14.6 Å². The highest BCUT2D eigenvalue weighted by molar-refractivity contribution is 5.89. The number of nitrogens with zero attached hydrogens (tertiary/aromatic N) is 2. The SMILES string of the molecule is COC(=O)c1ccnc(NCC(C)(O)CN(C)C)c1. The van der Waals surface area contributed by atoms with Gasteiger partial charge in [0.1, 0.15) is 5.82 Å². The van der Waals surface area contributed by atoms with Crippen molar-refractivity contribution in [3.8, 4) is 0 Å². The highest BCUT2D eigenvalue weighted by atomic mass is 16.5. The van der Waals surface area contributed by atoms with E-state index >= 15 is 0 Å². The highest BCUT2D eigenvalue weighted by Gasteiger charge is 2.21. The van der Waals surface area contributed by atoms with Gasteiger partial charge in [0.05, 0.1) is 18.3 Å². The molecule has 0 aliphatic carbocycles. The molecule has 0 radical (unpaired) electrons. The van der Waals surface area contributed by atoms with Crippen LogP contribution in [0.4, 0.5) is 5.82 Å². The molecule has 1 unspecified atom stereocenters. The van der Waals surface area contributed by atoms with E-state index < -0.39 is 11.6 Å². The Kier molecular flexibility index (Phi) is 5.26. The molecular formula is C13H21N3O3. The molecule has 1 aromatic rings. The molecule has 1 atom stereocenters. The summed E-state index contributed by atoms with van der Waals surface area (Å²) in [5.74, 6) is 0.118. The smallest absolute Gasteiger partial charge is 0.338 e. The molecule has 0 spiro atoms. The molecule has 0 saturated carbocycles. The molecule has 0 fully saturated rings. The average Bonchev–Trinajstić information content (AvgIpc) is 2.34. The predicted molar refractivity (Wildman–Crippen MR) is 73.2 cm³/mol. The van der Waals surface area contributed by atoms with Gasteiger partial charge >= 0.3 is 5.97 Å². The molecule has 6 heteroatoms. The second-order valence-corrected chi connectivity index (χ2v) is 5.01. The van der Waals surface area contributed by atoms with Crippen LogP contribution >= 0.6 is 0 Å². The van der Waals surface area contributed by atoms with E-state index in [-0.39, 0.29) is 0 Å². The van der Waals surface area contributed by atoms with Crippen molar-refractivity contribution in [2.24, 2.45) is 0 Å². The second kappa shape index (κ2) is 6.49. The third kappa shape index (κ3) is 5.23. The van der Waals surface area contributed by atoms with Crippen molar-refractivity contribution >= 4 is 11.8 Å². The Hall–Kier alpha value is -1.66. The Balaban J connectivity index is 2.65. The number of anilines is 1. The molecular weight excluding hydrogens is 246 g/mol. The lowest BCUT2D eigenvalue weighted by Gasteiger charge is -2.27. The zero-order valence-corrected chi connectivity index (χ0v) is 11.8. The van der Waals surface area contributed by atoms with E-state index in [1.807, 2.05) is 19.0 Å². The molecule has 1 rings (SSSR count). The van der Waals surface area contributed by atoms with E-state index in [1.54, 1.807) is 19.1 Å². The van der Waals surface area contributed by atoms with Gasteiger partial charge < -0.3 is 20.1 Å². The highest BCUT2D eigenvalue weighted by Crippen LogP contribution is 2.11. The van der Waals surface area contributed by atoms with E-state index in [0.29, 0.717) is 24.5 Å². The maximum Gasteiger partial charge on any atom is 0.338 e. The van der Waals surface area contributed by atoms with Crippen molar-refractivity contribution in [1.29, 1.82) is 0 Å². The number of likely N-dealkylation sites (N-methyl/N-ethyl adjacent to an activating group) is 1. The Labute approximate surface area is 113 Å². The van der Waals surface area contributed by atoms with Gasteiger partial charge in [-0.3, -0.25) is 0 Å². The number of ether oxygens (including phenoxy) is 1. The van der Waals surface area contributed by atoms with Crippen LogP contribution in [-0.4, -0.2) is 60.9 Å². The van der Waals surface area contributed by atoms with Gasteiger partial charge in [-0.2, -0.15) is 0 Å². The lowest BCUT2D eigenvalue weighted by atomic mass is 10.1. The number of hydrogen-bond donors (Lipinski definition) is 2. The molecule has 0 aromatic carbocycles. The van der Waals surface area contributed by atoms with Crippen molar-refractivity contribution in [3.63, 3.8) is 0 Å². The van der Waals surface area contributed by atoms with Crippen LogP contribution in [0.2, 0.25) is 0 Å². The number of carbonyl (C=O) groups is 1. The minimum atomic E-state index is -0.882. The number of pyridine rings is 1. The molecule has 1 heterocycles. The first kappa shape index (κ1) is 15.4. The largest absolute Gasteiger partial charge is 0.465 e. The maximum atomic E-state index is 11.4. The quantitative estimate of drug-likeness (QED) is 0.735. The molecule has 106 valence electrons. The summed E-state index contributed by atoms with van der Waals surface area (Å²) in [6.07, 6.45) is 1.52. The third-order valence-corrected chi connectivity index (χ3v) is 2.49. The number of hydrogen-bond acceptors (Lipinski definition) is 6. The van der Waals surface area contributed by atoms with Crippen LogP contribution in [0.1, 0.15) is 17.3 Å². The van der Waals surface area contributed by atoms with Crippen LogP contribution in [0.25, 0.3) is 0 Å². The number of rotatable bonds is 6.